The van der Waals surface area contributed by atoms with E-state index in [1.54, 1.807) is 6.92 Å². The van der Waals surface area contributed by atoms with E-state index >= 15 is 0 Å². The molecule has 7 heteroatoms. The standard InChI is InChI=1S/C10H9ClF3N3/c1-3-6(4-2)15-8-5-7(11)16-9(17-8)10(12,13)14/h1,5-6H,4H2,2H3,(H,15,16,17). The van der Waals surface area contributed by atoms with Crippen molar-refractivity contribution in [2.24, 2.45) is 0 Å². The zero-order chi connectivity index (χ0) is 13.1. The zero-order valence-corrected chi connectivity index (χ0v) is 9.60. The Bertz CT molecular complexity index is 439. The van der Waals surface area contributed by atoms with Gasteiger partial charge < -0.3 is 5.32 Å². The Kier molecular flexibility index (Phi) is 4.18. The van der Waals surface area contributed by atoms with Crippen LogP contribution in [0, 0.1) is 12.3 Å². The lowest BCUT2D eigenvalue weighted by Crippen LogP contribution is -2.19. The van der Waals surface area contributed by atoms with Gasteiger partial charge in [-0.15, -0.1) is 6.42 Å². The molecule has 0 aromatic carbocycles. The minimum absolute atomic E-state index is 0.0397. The van der Waals surface area contributed by atoms with Crippen LogP contribution in [0.25, 0.3) is 0 Å². The molecule has 1 aromatic rings. The van der Waals surface area contributed by atoms with Crippen molar-refractivity contribution in [1.29, 1.82) is 0 Å². The largest absolute Gasteiger partial charge is 0.451 e. The summed E-state index contributed by atoms with van der Waals surface area (Å²) >= 11 is 5.48. The molecule has 0 aliphatic carbocycles. The number of rotatable bonds is 3. The smallest absolute Gasteiger partial charge is 0.356 e. The quantitative estimate of drug-likeness (QED) is 0.673. The number of nitrogens with one attached hydrogen (secondary N) is 1. The number of aromatic nitrogens is 2. The maximum Gasteiger partial charge on any atom is 0.451 e. The first-order valence-corrected chi connectivity index (χ1v) is 5.09. The fourth-order valence-corrected chi connectivity index (χ4v) is 1.24. The Morgan fingerprint density at radius 3 is 2.65 bits per heavy atom. The molecule has 92 valence electrons. The topological polar surface area (TPSA) is 37.8 Å². The maximum absolute atomic E-state index is 12.4. The molecule has 0 fully saturated rings. The molecule has 1 N–H and O–H groups in total. The second-order valence-electron chi connectivity index (χ2n) is 3.17. The van der Waals surface area contributed by atoms with Gasteiger partial charge in [-0.25, -0.2) is 9.97 Å². The molecular formula is C10H9ClF3N3. The molecule has 0 radical (unpaired) electrons. The molecule has 1 heterocycles. The van der Waals surface area contributed by atoms with Crippen molar-refractivity contribution in [1.82, 2.24) is 9.97 Å². The van der Waals surface area contributed by atoms with Gasteiger partial charge in [0.2, 0.25) is 5.82 Å². The Hall–Kier alpha value is -1.48. The molecule has 1 rings (SSSR count). The fourth-order valence-electron chi connectivity index (χ4n) is 1.06. The summed E-state index contributed by atoms with van der Waals surface area (Å²) in [5, 5.41) is 2.37. The highest BCUT2D eigenvalue weighted by Gasteiger charge is 2.35. The second kappa shape index (κ2) is 5.23. The van der Waals surface area contributed by atoms with E-state index in [4.69, 9.17) is 18.0 Å². The first-order chi connectivity index (χ1) is 7.86. The lowest BCUT2D eigenvalue weighted by atomic mass is 10.2. The Morgan fingerprint density at radius 2 is 2.18 bits per heavy atom. The van der Waals surface area contributed by atoms with Crippen LogP contribution in [0.4, 0.5) is 19.0 Å². The lowest BCUT2D eigenvalue weighted by molar-refractivity contribution is -0.144. The first kappa shape index (κ1) is 13.6. The van der Waals surface area contributed by atoms with Crippen LogP contribution in [0.1, 0.15) is 19.2 Å². The van der Waals surface area contributed by atoms with Gasteiger partial charge in [0.05, 0.1) is 6.04 Å². The maximum atomic E-state index is 12.4. The molecule has 17 heavy (non-hydrogen) atoms. The van der Waals surface area contributed by atoms with E-state index in [1.807, 2.05) is 0 Å². The number of terminal acetylenes is 1. The summed E-state index contributed by atoms with van der Waals surface area (Å²) < 4.78 is 37.2. The monoisotopic (exact) mass is 263 g/mol. The third-order valence-corrected chi connectivity index (χ3v) is 2.07. The minimum Gasteiger partial charge on any atom is -0.356 e. The summed E-state index contributed by atoms with van der Waals surface area (Å²) in [5.74, 6) is 1.05. The molecule has 0 bridgehead atoms. The number of anilines is 1. The number of hydrogen-bond acceptors (Lipinski definition) is 3. The lowest BCUT2D eigenvalue weighted by Gasteiger charge is -2.13. The molecule has 0 saturated carbocycles. The van der Waals surface area contributed by atoms with Crippen LogP contribution in [-0.2, 0) is 6.18 Å². The molecule has 1 aromatic heterocycles. The molecule has 0 aliphatic heterocycles. The highest BCUT2D eigenvalue weighted by Crippen LogP contribution is 2.28. The van der Waals surface area contributed by atoms with Crippen molar-refractivity contribution < 1.29 is 13.2 Å². The third-order valence-electron chi connectivity index (χ3n) is 1.88. The number of nitrogens with zero attached hydrogens (tertiary/aromatic N) is 2. The highest BCUT2D eigenvalue weighted by molar-refractivity contribution is 6.29. The molecule has 0 aliphatic rings. The van der Waals surface area contributed by atoms with Crippen LogP contribution in [0.3, 0.4) is 0 Å². The average Bonchev–Trinajstić information content (AvgIpc) is 2.24. The van der Waals surface area contributed by atoms with Crippen molar-refractivity contribution in [2.45, 2.75) is 25.6 Å². The van der Waals surface area contributed by atoms with E-state index in [2.05, 4.69) is 21.2 Å². The van der Waals surface area contributed by atoms with Crippen molar-refractivity contribution in [3.8, 4) is 12.3 Å². The molecule has 0 amide bonds. The van der Waals surface area contributed by atoms with E-state index in [-0.39, 0.29) is 11.0 Å². The molecule has 0 saturated heterocycles. The van der Waals surface area contributed by atoms with Gasteiger partial charge >= 0.3 is 6.18 Å². The normalized spacial score (nSPS) is 12.9. The van der Waals surface area contributed by atoms with E-state index in [9.17, 15) is 13.2 Å². The predicted molar refractivity (Wildman–Crippen MR) is 58.6 cm³/mol. The van der Waals surface area contributed by atoms with Crippen LogP contribution < -0.4 is 5.32 Å². The molecule has 1 atom stereocenters. The first-order valence-electron chi connectivity index (χ1n) is 4.71. The number of halogens is 4. The van der Waals surface area contributed by atoms with Gasteiger partial charge in [-0.05, 0) is 6.42 Å². The summed E-state index contributed by atoms with van der Waals surface area (Å²) in [6, 6.07) is 0.790. The van der Waals surface area contributed by atoms with Gasteiger partial charge in [0.1, 0.15) is 11.0 Å². The SMILES string of the molecule is C#CC(CC)Nc1cc(Cl)nc(C(F)(F)F)n1. The Morgan fingerprint density at radius 1 is 1.53 bits per heavy atom. The summed E-state index contributed by atoms with van der Waals surface area (Å²) in [7, 11) is 0. The highest BCUT2D eigenvalue weighted by atomic mass is 35.5. The second-order valence-corrected chi connectivity index (χ2v) is 3.56. The van der Waals surface area contributed by atoms with Gasteiger partial charge in [-0.3, -0.25) is 0 Å². The number of alkyl halides is 3. The van der Waals surface area contributed by atoms with Crippen LogP contribution in [0.15, 0.2) is 6.07 Å². The van der Waals surface area contributed by atoms with E-state index in [0.717, 1.165) is 0 Å². The van der Waals surface area contributed by atoms with Gasteiger partial charge in [-0.2, -0.15) is 13.2 Å². The van der Waals surface area contributed by atoms with Gasteiger partial charge in [0.25, 0.3) is 0 Å². The minimum atomic E-state index is -4.64. The van der Waals surface area contributed by atoms with Crippen LogP contribution in [-0.4, -0.2) is 16.0 Å². The molecular weight excluding hydrogens is 255 g/mol. The van der Waals surface area contributed by atoms with E-state index < -0.39 is 18.0 Å². The van der Waals surface area contributed by atoms with Gasteiger partial charge in [-0.1, -0.05) is 24.4 Å². The van der Waals surface area contributed by atoms with Crippen LogP contribution in [0.5, 0.6) is 0 Å². The van der Waals surface area contributed by atoms with Gasteiger partial charge in [0.15, 0.2) is 0 Å². The Labute approximate surface area is 101 Å². The van der Waals surface area contributed by atoms with Crippen LogP contribution in [0.2, 0.25) is 5.15 Å². The van der Waals surface area contributed by atoms with E-state index in [1.165, 1.54) is 6.07 Å². The third kappa shape index (κ3) is 3.79. The van der Waals surface area contributed by atoms with Crippen molar-refractivity contribution in [2.75, 3.05) is 5.32 Å². The summed E-state index contributed by atoms with van der Waals surface area (Å²) in [4.78, 5) is 6.42. The van der Waals surface area contributed by atoms with Crippen molar-refractivity contribution in [3.05, 3.63) is 17.0 Å². The van der Waals surface area contributed by atoms with Gasteiger partial charge in [0, 0.05) is 6.07 Å². The average molecular weight is 264 g/mol. The Balaban J connectivity index is 3.03. The zero-order valence-electron chi connectivity index (χ0n) is 8.85. The fraction of sp³-hybridized carbons (Fsp3) is 0.400. The van der Waals surface area contributed by atoms with Crippen molar-refractivity contribution >= 4 is 17.4 Å². The predicted octanol–water partition coefficient (Wildman–Crippen LogP) is 2.97. The molecule has 3 nitrogen and oxygen atoms in total. The summed E-state index contributed by atoms with van der Waals surface area (Å²) in [5.41, 5.74) is 0. The molecule has 0 spiro atoms. The number of hydrogen-bond donors (Lipinski definition) is 1. The summed E-state index contributed by atoms with van der Waals surface area (Å²) in [6.07, 6.45) is 1.10. The van der Waals surface area contributed by atoms with Crippen LogP contribution >= 0.6 is 11.6 Å². The van der Waals surface area contributed by atoms with Crippen molar-refractivity contribution in [3.63, 3.8) is 0 Å². The molecule has 1 unspecified atom stereocenters. The summed E-state index contributed by atoms with van der Waals surface area (Å²) in [6.45, 7) is 1.80. The van der Waals surface area contributed by atoms with E-state index in [0.29, 0.717) is 6.42 Å².